The van der Waals surface area contributed by atoms with Gasteiger partial charge in [0.25, 0.3) is 0 Å². The van der Waals surface area contributed by atoms with Gasteiger partial charge in [0, 0.05) is 24.5 Å². The Morgan fingerprint density at radius 2 is 1.21 bits per heavy atom. The fourth-order valence-corrected chi connectivity index (χ4v) is 3.40. The lowest BCUT2D eigenvalue weighted by atomic mass is 9.82. The van der Waals surface area contributed by atoms with Gasteiger partial charge in [0.05, 0.1) is 50.8 Å². The molecular formula is C30H55BN2O10. The molecule has 1 fully saturated rings. The normalized spacial score (nSPS) is 16.0. The minimum Gasteiger partial charge on any atom is -0.458 e. The molecule has 1 aromatic rings. The van der Waals surface area contributed by atoms with E-state index in [4.69, 9.17) is 37.7 Å². The molecule has 0 aromatic carbocycles. The highest BCUT2D eigenvalue weighted by atomic mass is 16.7. The first-order chi connectivity index (χ1) is 19.9. The molecule has 0 N–H and O–H groups in total. The van der Waals surface area contributed by atoms with E-state index in [2.05, 4.69) is 5.10 Å². The number of hydrogen-bond donors (Lipinski definition) is 0. The number of ether oxygens (including phenoxy) is 6. The maximum atomic E-state index is 11.5. The molecule has 1 saturated heterocycles. The third-order valence-corrected chi connectivity index (χ3v) is 6.02. The van der Waals surface area contributed by atoms with Gasteiger partial charge in [0.2, 0.25) is 0 Å². The fraction of sp³-hybridized carbons (Fsp3) is 0.833. The molecule has 13 heteroatoms. The Hall–Kier alpha value is -2.03. The van der Waals surface area contributed by atoms with Crippen LogP contribution in [-0.2, 0) is 53.9 Å². The molecule has 0 saturated carbocycles. The summed E-state index contributed by atoms with van der Waals surface area (Å²) in [6, 6.07) is 0. The molecule has 1 aliphatic heterocycles. The van der Waals surface area contributed by atoms with Gasteiger partial charge in [-0.3, -0.25) is 4.68 Å². The molecule has 1 aromatic heterocycles. The lowest BCUT2D eigenvalue weighted by molar-refractivity contribution is -0.161. The Kier molecular flexibility index (Phi) is 16.4. The van der Waals surface area contributed by atoms with E-state index in [1.54, 1.807) is 10.9 Å². The molecule has 0 spiro atoms. The molecule has 0 radical (unpaired) electrons. The number of carbonyl (C=O) groups excluding carboxylic acids is 2. The standard InChI is InChI=1S/C19H33BN2O6.C11H22O4/c1-17(2,3)26-16(23)14-25-11-10-24-9-8-22-13-15(12-21-22)20-27-18(4,5)19(6,7)28-20;1-5-6-13-7-8-14-9-10(12)15-11(2,3)4/h12-13H,8-11,14H2,1-7H3;5-9H2,1-4H3. The quantitative estimate of drug-likeness (QED) is 0.155. The van der Waals surface area contributed by atoms with Crippen LogP contribution in [-0.4, -0.2) is 104 Å². The summed E-state index contributed by atoms with van der Waals surface area (Å²) >= 11 is 0. The predicted molar refractivity (Wildman–Crippen MR) is 163 cm³/mol. The van der Waals surface area contributed by atoms with Crippen LogP contribution in [0.4, 0.5) is 0 Å². The second-order valence-corrected chi connectivity index (χ2v) is 13.1. The monoisotopic (exact) mass is 614 g/mol. The first-order valence-electron chi connectivity index (χ1n) is 15.0. The zero-order valence-corrected chi connectivity index (χ0v) is 28.3. The Morgan fingerprint density at radius 1 is 0.767 bits per heavy atom. The minimum absolute atomic E-state index is 0.00719. The van der Waals surface area contributed by atoms with Crippen LogP contribution in [0.2, 0.25) is 0 Å². The Morgan fingerprint density at radius 3 is 1.65 bits per heavy atom. The van der Waals surface area contributed by atoms with Gasteiger partial charge in [-0.05, 0) is 75.7 Å². The Bertz CT molecular complexity index is 937. The van der Waals surface area contributed by atoms with Crippen molar-refractivity contribution in [3.8, 4) is 0 Å². The molecule has 12 nitrogen and oxygen atoms in total. The van der Waals surface area contributed by atoms with Crippen LogP contribution in [0.1, 0.15) is 82.6 Å². The van der Waals surface area contributed by atoms with E-state index in [1.807, 2.05) is 82.4 Å². The van der Waals surface area contributed by atoms with Gasteiger partial charge in [-0.2, -0.15) is 5.10 Å². The van der Waals surface area contributed by atoms with E-state index >= 15 is 0 Å². The number of aromatic nitrogens is 2. The number of esters is 2. The second-order valence-electron chi connectivity index (χ2n) is 13.1. The first kappa shape index (κ1) is 39.0. The summed E-state index contributed by atoms with van der Waals surface area (Å²) in [5.74, 6) is -0.711. The Balaban J connectivity index is 0.000000523. The summed E-state index contributed by atoms with van der Waals surface area (Å²) in [5.41, 5.74) is -0.803. The van der Waals surface area contributed by atoms with Gasteiger partial charge in [-0.15, -0.1) is 0 Å². The average Bonchev–Trinajstić information content (AvgIpc) is 3.40. The third kappa shape index (κ3) is 17.2. The number of hydrogen-bond acceptors (Lipinski definition) is 11. The fourth-order valence-electron chi connectivity index (χ4n) is 3.40. The maximum absolute atomic E-state index is 11.5. The van der Waals surface area contributed by atoms with Crippen LogP contribution in [0.15, 0.2) is 12.4 Å². The molecule has 0 unspecified atom stereocenters. The van der Waals surface area contributed by atoms with Crippen molar-refractivity contribution in [2.75, 3.05) is 52.9 Å². The maximum Gasteiger partial charge on any atom is 0.498 e. The largest absolute Gasteiger partial charge is 0.498 e. The van der Waals surface area contributed by atoms with Crippen LogP contribution >= 0.6 is 0 Å². The van der Waals surface area contributed by atoms with E-state index in [0.717, 1.165) is 18.5 Å². The van der Waals surface area contributed by atoms with E-state index < -0.39 is 18.3 Å². The van der Waals surface area contributed by atoms with Crippen molar-refractivity contribution >= 4 is 24.5 Å². The van der Waals surface area contributed by atoms with E-state index in [0.29, 0.717) is 39.6 Å². The van der Waals surface area contributed by atoms with Crippen LogP contribution in [0.5, 0.6) is 0 Å². The molecule has 0 amide bonds. The van der Waals surface area contributed by atoms with Crippen molar-refractivity contribution in [1.82, 2.24) is 9.78 Å². The summed E-state index contributed by atoms with van der Waals surface area (Å²) in [4.78, 5) is 22.7. The van der Waals surface area contributed by atoms with Gasteiger partial charge in [-0.1, -0.05) is 6.92 Å². The van der Waals surface area contributed by atoms with Crippen LogP contribution in [0.3, 0.4) is 0 Å². The predicted octanol–water partition coefficient (Wildman–Crippen LogP) is 3.33. The first-order valence-corrected chi connectivity index (χ1v) is 15.0. The highest BCUT2D eigenvalue weighted by Crippen LogP contribution is 2.36. The van der Waals surface area contributed by atoms with Crippen molar-refractivity contribution in [3.63, 3.8) is 0 Å². The van der Waals surface area contributed by atoms with Gasteiger partial charge >= 0.3 is 19.1 Å². The molecule has 2 heterocycles. The average molecular weight is 615 g/mol. The van der Waals surface area contributed by atoms with Gasteiger partial charge in [-0.25, -0.2) is 9.59 Å². The zero-order valence-electron chi connectivity index (χ0n) is 28.3. The summed E-state index contributed by atoms with van der Waals surface area (Å²) in [6.45, 7) is 24.5. The molecule has 0 aliphatic carbocycles. The molecular weight excluding hydrogens is 559 g/mol. The molecule has 248 valence electrons. The summed E-state index contributed by atoms with van der Waals surface area (Å²) < 4.78 is 45.1. The van der Waals surface area contributed by atoms with Crippen LogP contribution in [0.25, 0.3) is 0 Å². The number of carbonyl (C=O) groups is 2. The lowest BCUT2D eigenvalue weighted by Gasteiger charge is -2.32. The zero-order chi connectivity index (χ0) is 32.7. The lowest BCUT2D eigenvalue weighted by Crippen LogP contribution is -2.41. The number of rotatable bonds is 16. The summed E-state index contributed by atoms with van der Waals surface area (Å²) in [5, 5.41) is 4.33. The topological polar surface area (TPSA) is 126 Å². The van der Waals surface area contributed by atoms with Crippen LogP contribution < -0.4 is 5.46 Å². The second kappa shape index (κ2) is 18.1. The van der Waals surface area contributed by atoms with Gasteiger partial charge in [0.1, 0.15) is 24.4 Å². The molecule has 0 atom stereocenters. The molecule has 2 rings (SSSR count). The third-order valence-electron chi connectivity index (χ3n) is 6.02. The van der Waals surface area contributed by atoms with Crippen molar-refractivity contribution in [3.05, 3.63) is 12.4 Å². The molecule has 1 aliphatic rings. The minimum atomic E-state index is -0.500. The summed E-state index contributed by atoms with van der Waals surface area (Å²) in [6.07, 6.45) is 4.66. The van der Waals surface area contributed by atoms with E-state index in [9.17, 15) is 9.59 Å². The van der Waals surface area contributed by atoms with Crippen LogP contribution in [0, 0.1) is 0 Å². The van der Waals surface area contributed by atoms with E-state index in [-0.39, 0.29) is 36.4 Å². The van der Waals surface area contributed by atoms with Gasteiger partial charge in [0.15, 0.2) is 0 Å². The Labute approximate surface area is 258 Å². The van der Waals surface area contributed by atoms with Crippen molar-refractivity contribution < 1.29 is 47.3 Å². The van der Waals surface area contributed by atoms with Crippen molar-refractivity contribution in [2.45, 2.75) is 112 Å². The smallest absolute Gasteiger partial charge is 0.458 e. The van der Waals surface area contributed by atoms with Crippen molar-refractivity contribution in [1.29, 1.82) is 0 Å². The molecule has 43 heavy (non-hydrogen) atoms. The highest BCUT2D eigenvalue weighted by Gasteiger charge is 2.52. The van der Waals surface area contributed by atoms with Crippen molar-refractivity contribution in [2.24, 2.45) is 0 Å². The molecule has 0 bridgehead atoms. The number of nitrogens with zero attached hydrogens (tertiary/aromatic N) is 2. The van der Waals surface area contributed by atoms with Gasteiger partial charge < -0.3 is 37.7 Å². The summed E-state index contributed by atoms with van der Waals surface area (Å²) in [7, 11) is -0.416. The SMILES string of the molecule is CC(C)(C)OC(=O)COCCOCCn1cc(B2OC(C)(C)C(C)(C)O2)cn1.CCCOCCOCC(=O)OC(C)(C)C. The highest BCUT2D eigenvalue weighted by molar-refractivity contribution is 6.62. The van der Waals surface area contributed by atoms with E-state index in [1.165, 1.54) is 0 Å².